The average Bonchev–Trinajstić information content (AvgIpc) is 2.73. The van der Waals surface area contributed by atoms with Gasteiger partial charge in [0.15, 0.2) is 23.7 Å². The summed E-state index contributed by atoms with van der Waals surface area (Å²) in [6.07, 6.45) is 1.86. The van der Waals surface area contributed by atoms with Gasteiger partial charge in [0, 0.05) is 11.8 Å². The normalized spacial score (nSPS) is 10.4. The van der Waals surface area contributed by atoms with Gasteiger partial charge >= 0.3 is 0 Å². The van der Waals surface area contributed by atoms with E-state index in [1.165, 1.54) is 6.20 Å². The van der Waals surface area contributed by atoms with Crippen LogP contribution < -0.4 is 0 Å². The minimum absolute atomic E-state index is 0.106. The van der Waals surface area contributed by atoms with Crippen LogP contribution in [0.4, 0.5) is 13.2 Å². The number of carbonyl (C=O) groups is 1. The van der Waals surface area contributed by atoms with Crippen LogP contribution >= 0.6 is 11.3 Å². The van der Waals surface area contributed by atoms with Crippen LogP contribution in [-0.2, 0) is 0 Å². The maximum atomic E-state index is 12.9. The van der Waals surface area contributed by atoms with Crippen LogP contribution in [0.2, 0.25) is 0 Å². The van der Waals surface area contributed by atoms with E-state index in [-0.39, 0.29) is 10.6 Å². The summed E-state index contributed by atoms with van der Waals surface area (Å²) in [6.45, 7) is 0. The maximum Gasteiger partial charge on any atom is 0.194 e. The van der Waals surface area contributed by atoms with E-state index in [1.807, 2.05) is 0 Å². The lowest BCUT2D eigenvalue weighted by molar-refractivity contribution is 0.112. The standard InChI is InChI=1S/C10H4F3NOS/c11-7-1-5(2-8(12)9(7)13)10-14-3-6(4-15)16-10/h1-4H. The summed E-state index contributed by atoms with van der Waals surface area (Å²) in [5, 5.41) is 0.264. The maximum absolute atomic E-state index is 12.9. The largest absolute Gasteiger partial charge is 0.297 e. The second kappa shape index (κ2) is 4.05. The van der Waals surface area contributed by atoms with Gasteiger partial charge in [0.2, 0.25) is 0 Å². The van der Waals surface area contributed by atoms with Gasteiger partial charge in [-0.2, -0.15) is 0 Å². The van der Waals surface area contributed by atoms with Crippen molar-refractivity contribution in [3.63, 3.8) is 0 Å². The third-order valence-electron chi connectivity index (χ3n) is 1.87. The van der Waals surface area contributed by atoms with E-state index in [0.29, 0.717) is 11.2 Å². The molecule has 0 bridgehead atoms. The summed E-state index contributed by atoms with van der Waals surface area (Å²) in [5.41, 5.74) is 0.106. The minimum Gasteiger partial charge on any atom is -0.297 e. The fourth-order valence-electron chi connectivity index (χ4n) is 1.15. The number of benzene rings is 1. The first kappa shape index (κ1) is 10.8. The van der Waals surface area contributed by atoms with Crippen LogP contribution in [0.1, 0.15) is 9.67 Å². The summed E-state index contributed by atoms with van der Waals surface area (Å²) in [7, 11) is 0. The second-order valence-electron chi connectivity index (χ2n) is 2.94. The molecule has 2 nitrogen and oxygen atoms in total. The highest BCUT2D eigenvalue weighted by Gasteiger charge is 2.13. The molecule has 0 unspecified atom stereocenters. The molecule has 0 spiro atoms. The van der Waals surface area contributed by atoms with Gasteiger partial charge in [-0.15, -0.1) is 11.3 Å². The molecule has 0 saturated carbocycles. The molecule has 0 aliphatic heterocycles. The molecular formula is C10H4F3NOS. The molecule has 1 aromatic heterocycles. The third-order valence-corrected chi connectivity index (χ3v) is 2.84. The predicted octanol–water partition coefficient (Wildman–Crippen LogP) is 3.04. The van der Waals surface area contributed by atoms with E-state index in [0.717, 1.165) is 23.5 Å². The van der Waals surface area contributed by atoms with Crippen molar-refractivity contribution in [2.24, 2.45) is 0 Å². The molecule has 0 aliphatic carbocycles. The number of hydrogen-bond donors (Lipinski definition) is 0. The molecule has 0 radical (unpaired) electrons. The summed E-state index contributed by atoms with van der Waals surface area (Å²) < 4.78 is 38.5. The number of thiazole rings is 1. The fraction of sp³-hybridized carbons (Fsp3) is 0. The Morgan fingerprint density at radius 1 is 1.19 bits per heavy atom. The predicted molar refractivity (Wildman–Crippen MR) is 52.8 cm³/mol. The van der Waals surface area contributed by atoms with Gasteiger partial charge in [-0.25, -0.2) is 18.2 Å². The van der Waals surface area contributed by atoms with Gasteiger partial charge in [0.1, 0.15) is 5.01 Å². The SMILES string of the molecule is O=Cc1cnc(-c2cc(F)c(F)c(F)c2)s1. The first-order valence-corrected chi connectivity index (χ1v) is 4.99. The smallest absolute Gasteiger partial charge is 0.194 e. The minimum atomic E-state index is -1.52. The van der Waals surface area contributed by atoms with Gasteiger partial charge in [-0.1, -0.05) is 0 Å². The molecule has 2 rings (SSSR count). The Labute approximate surface area is 92.4 Å². The number of aldehydes is 1. The fourth-order valence-corrected chi connectivity index (χ4v) is 1.87. The first-order chi connectivity index (χ1) is 7.61. The van der Waals surface area contributed by atoms with Gasteiger partial charge in [0.25, 0.3) is 0 Å². The van der Waals surface area contributed by atoms with Gasteiger partial charge in [-0.05, 0) is 12.1 Å². The highest BCUT2D eigenvalue weighted by Crippen LogP contribution is 2.27. The molecule has 16 heavy (non-hydrogen) atoms. The topological polar surface area (TPSA) is 30.0 Å². The first-order valence-electron chi connectivity index (χ1n) is 4.17. The monoisotopic (exact) mass is 243 g/mol. The number of carbonyl (C=O) groups excluding carboxylic acids is 1. The quantitative estimate of drug-likeness (QED) is 0.599. The summed E-state index contributed by atoms with van der Waals surface area (Å²) >= 11 is 0.974. The summed E-state index contributed by atoms with van der Waals surface area (Å²) in [4.78, 5) is 14.5. The molecule has 1 aromatic carbocycles. The van der Waals surface area contributed by atoms with E-state index in [4.69, 9.17) is 0 Å². The van der Waals surface area contributed by atoms with Crippen LogP contribution in [0.3, 0.4) is 0 Å². The Hall–Kier alpha value is -1.69. The average molecular weight is 243 g/mol. The van der Waals surface area contributed by atoms with Crippen molar-refractivity contribution in [3.8, 4) is 10.6 Å². The number of rotatable bonds is 2. The van der Waals surface area contributed by atoms with Crippen LogP contribution in [-0.4, -0.2) is 11.3 Å². The molecule has 82 valence electrons. The molecule has 0 N–H and O–H groups in total. The molecule has 0 saturated heterocycles. The van der Waals surface area contributed by atoms with Crippen molar-refractivity contribution in [2.45, 2.75) is 0 Å². The van der Waals surface area contributed by atoms with Crippen molar-refractivity contribution < 1.29 is 18.0 Å². The van der Waals surface area contributed by atoms with Crippen molar-refractivity contribution in [2.75, 3.05) is 0 Å². The van der Waals surface area contributed by atoms with E-state index in [9.17, 15) is 18.0 Å². The van der Waals surface area contributed by atoms with E-state index in [2.05, 4.69) is 4.98 Å². The zero-order valence-electron chi connectivity index (χ0n) is 7.71. The lowest BCUT2D eigenvalue weighted by Gasteiger charge is -1.99. The molecular weight excluding hydrogens is 239 g/mol. The number of nitrogens with zero attached hydrogens (tertiary/aromatic N) is 1. The zero-order chi connectivity index (χ0) is 11.7. The molecule has 2 aromatic rings. The van der Waals surface area contributed by atoms with Crippen molar-refractivity contribution in [1.82, 2.24) is 4.98 Å². The van der Waals surface area contributed by atoms with Crippen LogP contribution in [0, 0.1) is 17.5 Å². The van der Waals surface area contributed by atoms with E-state index >= 15 is 0 Å². The van der Waals surface area contributed by atoms with Crippen molar-refractivity contribution in [3.05, 3.63) is 40.7 Å². The molecule has 0 aliphatic rings. The number of hydrogen-bond acceptors (Lipinski definition) is 3. The third kappa shape index (κ3) is 1.83. The van der Waals surface area contributed by atoms with E-state index < -0.39 is 17.5 Å². The second-order valence-corrected chi connectivity index (χ2v) is 4.00. The lowest BCUT2D eigenvalue weighted by atomic mass is 10.2. The van der Waals surface area contributed by atoms with Gasteiger partial charge in [0.05, 0.1) is 4.88 Å². The Kier molecular flexibility index (Phi) is 2.74. The lowest BCUT2D eigenvalue weighted by Crippen LogP contribution is -1.91. The van der Waals surface area contributed by atoms with Gasteiger partial charge < -0.3 is 0 Å². The highest BCUT2D eigenvalue weighted by molar-refractivity contribution is 7.16. The number of aromatic nitrogens is 1. The molecule has 0 amide bonds. The summed E-state index contributed by atoms with van der Waals surface area (Å²) in [5.74, 6) is -4.08. The molecule has 1 heterocycles. The zero-order valence-corrected chi connectivity index (χ0v) is 8.52. The van der Waals surface area contributed by atoms with E-state index in [1.54, 1.807) is 0 Å². The van der Waals surface area contributed by atoms with Crippen molar-refractivity contribution in [1.29, 1.82) is 0 Å². The van der Waals surface area contributed by atoms with Crippen LogP contribution in [0.25, 0.3) is 10.6 Å². The van der Waals surface area contributed by atoms with Crippen LogP contribution in [0.5, 0.6) is 0 Å². The van der Waals surface area contributed by atoms with Crippen LogP contribution in [0.15, 0.2) is 18.3 Å². The summed E-state index contributed by atoms with van der Waals surface area (Å²) in [6, 6.07) is 1.68. The molecule has 6 heteroatoms. The van der Waals surface area contributed by atoms with Gasteiger partial charge in [-0.3, -0.25) is 4.79 Å². The Morgan fingerprint density at radius 3 is 2.31 bits per heavy atom. The highest BCUT2D eigenvalue weighted by atomic mass is 32.1. The molecule has 0 atom stereocenters. The molecule has 0 fully saturated rings. The van der Waals surface area contributed by atoms with Crippen molar-refractivity contribution >= 4 is 17.6 Å². The Morgan fingerprint density at radius 2 is 1.81 bits per heavy atom. The number of halogens is 3. The Balaban J connectivity index is 2.52. The Bertz CT molecular complexity index is 530.